The molecular formula is C11H9NO4. The maximum Gasteiger partial charge on any atom is 0.344 e. The number of ketones is 1. The molecule has 0 fully saturated rings. The molecule has 0 amide bonds. The number of aliphatic carboxylic acids is 1. The molecule has 0 bridgehead atoms. The number of rotatable bonds is 3. The van der Waals surface area contributed by atoms with E-state index in [9.17, 15) is 9.59 Å². The minimum Gasteiger partial charge on any atom is -0.477 e. The van der Waals surface area contributed by atoms with E-state index in [4.69, 9.17) is 9.84 Å². The van der Waals surface area contributed by atoms with Gasteiger partial charge in [0.1, 0.15) is 0 Å². The van der Waals surface area contributed by atoms with E-state index in [1.807, 2.05) is 6.07 Å². The molecule has 2 N–H and O–H groups in total. The Hall–Kier alpha value is -2.30. The lowest BCUT2D eigenvalue weighted by molar-refractivity contribution is -0.134. The van der Waals surface area contributed by atoms with Crippen molar-refractivity contribution in [3.63, 3.8) is 0 Å². The number of carboxylic acids is 1. The van der Waals surface area contributed by atoms with Crippen molar-refractivity contribution in [3.05, 3.63) is 41.8 Å². The topological polar surface area (TPSA) is 75.6 Å². The van der Waals surface area contributed by atoms with Crippen molar-refractivity contribution < 1.29 is 19.4 Å². The van der Waals surface area contributed by atoms with E-state index < -0.39 is 11.8 Å². The van der Waals surface area contributed by atoms with E-state index in [-0.39, 0.29) is 18.1 Å². The van der Waals surface area contributed by atoms with E-state index in [0.29, 0.717) is 5.69 Å². The number of hydrogen-bond donors (Lipinski definition) is 2. The minimum absolute atomic E-state index is 0.00343. The summed E-state index contributed by atoms with van der Waals surface area (Å²) in [6.07, 6.45) is 0. The SMILES string of the molecule is O=C(O)C1=C(Nc2ccccc2)OCC1=O. The second-order valence-corrected chi connectivity index (χ2v) is 3.21. The molecule has 0 unspecified atom stereocenters. The Morgan fingerprint density at radius 3 is 2.62 bits per heavy atom. The van der Waals surface area contributed by atoms with Crippen molar-refractivity contribution in [2.24, 2.45) is 0 Å². The molecule has 5 heteroatoms. The van der Waals surface area contributed by atoms with Gasteiger partial charge in [0.05, 0.1) is 0 Å². The summed E-state index contributed by atoms with van der Waals surface area (Å²) in [6, 6.07) is 8.91. The van der Waals surface area contributed by atoms with Crippen molar-refractivity contribution >= 4 is 17.4 Å². The highest BCUT2D eigenvalue weighted by atomic mass is 16.5. The third-order valence-electron chi connectivity index (χ3n) is 2.10. The van der Waals surface area contributed by atoms with Crippen LogP contribution >= 0.6 is 0 Å². The number of carboxylic acid groups (broad SMARTS) is 1. The molecule has 0 spiro atoms. The molecule has 0 atom stereocenters. The van der Waals surface area contributed by atoms with Gasteiger partial charge in [-0.15, -0.1) is 0 Å². The molecule has 0 saturated carbocycles. The van der Waals surface area contributed by atoms with E-state index in [1.54, 1.807) is 24.3 Å². The number of nitrogens with one attached hydrogen (secondary N) is 1. The largest absolute Gasteiger partial charge is 0.477 e. The Morgan fingerprint density at radius 1 is 1.31 bits per heavy atom. The first-order chi connectivity index (χ1) is 7.68. The zero-order valence-corrected chi connectivity index (χ0v) is 8.27. The molecule has 0 aromatic heterocycles. The second-order valence-electron chi connectivity index (χ2n) is 3.21. The fourth-order valence-electron chi connectivity index (χ4n) is 1.38. The molecule has 82 valence electrons. The van der Waals surface area contributed by atoms with Crippen LogP contribution in [0.15, 0.2) is 41.8 Å². The summed E-state index contributed by atoms with van der Waals surface area (Å²) < 4.78 is 4.98. The summed E-state index contributed by atoms with van der Waals surface area (Å²) in [4.78, 5) is 22.0. The number of carbonyl (C=O) groups excluding carboxylic acids is 1. The number of hydrogen-bond acceptors (Lipinski definition) is 4. The minimum atomic E-state index is -1.28. The molecule has 0 radical (unpaired) electrons. The Morgan fingerprint density at radius 2 is 2.00 bits per heavy atom. The third-order valence-corrected chi connectivity index (χ3v) is 2.10. The van der Waals surface area contributed by atoms with Crippen molar-refractivity contribution in [1.29, 1.82) is 0 Å². The average Bonchev–Trinajstić information content (AvgIpc) is 2.61. The average molecular weight is 219 g/mol. The second kappa shape index (κ2) is 4.06. The van der Waals surface area contributed by atoms with Gasteiger partial charge >= 0.3 is 5.97 Å². The van der Waals surface area contributed by atoms with Gasteiger partial charge < -0.3 is 15.2 Å². The molecule has 1 aromatic rings. The molecule has 2 rings (SSSR count). The first-order valence-corrected chi connectivity index (χ1v) is 4.64. The molecule has 1 heterocycles. The summed E-state index contributed by atoms with van der Waals surface area (Å²) in [5.74, 6) is -1.80. The van der Waals surface area contributed by atoms with Crippen LogP contribution in [0.5, 0.6) is 0 Å². The number of benzene rings is 1. The molecule has 1 aromatic carbocycles. The first kappa shape index (κ1) is 10.2. The monoisotopic (exact) mass is 219 g/mol. The van der Waals surface area contributed by atoms with Crippen LogP contribution in [0.2, 0.25) is 0 Å². The van der Waals surface area contributed by atoms with Gasteiger partial charge in [-0.3, -0.25) is 4.79 Å². The number of anilines is 1. The molecule has 5 nitrogen and oxygen atoms in total. The van der Waals surface area contributed by atoms with E-state index in [1.165, 1.54) is 0 Å². The smallest absolute Gasteiger partial charge is 0.344 e. The molecular weight excluding hydrogens is 210 g/mol. The van der Waals surface area contributed by atoms with Gasteiger partial charge in [0, 0.05) is 5.69 Å². The number of ether oxygens (including phenoxy) is 1. The van der Waals surface area contributed by atoms with Gasteiger partial charge in [-0.25, -0.2) is 4.79 Å². The summed E-state index contributed by atoms with van der Waals surface area (Å²) in [7, 11) is 0. The maximum atomic E-state index is 11.2. The van der Waals surface area contributed by atoms with Gasteiger partial charge in [-0.1, -0.05) is 18.2 Å². The quantitative estimate of drug-likeness (QED) is 0.741. The van der Waals surface area contributed by atoms with Gasteiger partial charge in [0.15, 0.2) is 12.2 Å². The highest BCUT2D eigenvalue weighted by molar-refractivity contribution is 6.19. The highest BCUT2D eigenvalue weighted by Crippen LogP contribution is 2.19. The number of Topliss-reactive ketones (excluding diaryl/α,β-unsaturated/α-hetero) is 1. The molecule has 1 aliphatic heterocycles. The third kappa shape index (κ3) is 1.88. The number of carbonyl (C=O) groups is 2. The van der Waals surface area contributed by atoms with E-state index >= 15 is 0 Å². The summed E-state index contributed by atoms with van der Waals surface area (Å²) in [6.45, 7) is -0.225. The van der Waals surface area contributed by atoms with Crippen LogP contribution in [-0.4, -0.2) is 23.5 Å². The Bertz CT molecular complexity index is 464. The summed E-state index contributed by atoms with van der Waals surface area (Å²) in [5.41, 5.74) is 0.342. The number of para-hydroxylation sites is 1. The van der Waals surface area contributed by atoms with Crippen LogP contribution in [0.1, 0.15) is 0 Å². The van der Waals surface area contributed by atoms with Crippen LogP contribution < -0.4 is 5.32 Å². The van der Waals surface area contributed by atoms with Crippen molar-refractivity contribution in [1.82, 2.24) is 0 Å². The van der Waals surface area contributed by atoms with Crippen LogP contribution in [0.4, 0.5) is 5.69 Å². The zero-order chi connectivity index (χ0) is 11.5. The predicted octanol–water partition coefficient (Wildman–Crippen LogP) is 0.994. The van der Waals surface area contributed by atoms with Crippen molar-refractivity contribution in [3.8, 4) is 0 Å². The van der Waals surface area contributed by atoms with Crippen LogP contribution in [-0.2, 0) is 14.3 Å². The Labute approximate surface area is 91.3 Å². The molecule has 1 aliphatic rings. The van der Waals surface area contributed by atoms with Crippen molar-refractivity contribution in [2.75, 3.05) is 11.9 Å². The van der Waals surface area contributed by atoms with Crippen LogP contribution in [0.3, 0.4) is 0 Å². The lowest BCUT2D eigenvalue weighted by atomic mass is 10.2. The predicted molar refractivity (Wildman–Crippen MR) is 55.7 cm³/mol. The van der Waals surface area contributed by atoms with Gasteiger partial charge in [-0.2, -0.15) is 0 Å². The summed E-state index contributed by atoms with van der Waals surface area (Å²) in [5, 5.41) is 11.6. The lowest BCUT2D eigenvalue weighted by Gasteiger charge is -2.06. The fourth-order valence-corrected chi connectivity index (χ4v) is 1.38. The standard InChI is InChI=1S/C11H9NO4/c13-8-6-16-10(9(8)11(14)15)12-7-4-2-1-3-5-7/h1-5,12H,6H2,(H,14,15). The van der Waals surface area contributed by atoms with Crippen LogP contribution in [0.25, 0.3) is 0 Å². The summed E-state index contributed by atoms with van der Waals surface area (Å²) >= 11 is 0. The lowest BCUT2D eigenvalue weighted by Crippen LogP contribution is -2.12. The van der Waals surface area contributed by atoms with Crippen LogP contribution in [0, 0.1) is 0 Å². The van der Waals surface area contributed by atoms with Gasteiger partial charge in [0.2, 0.25) is 11.7 Å². The normalized spacial score (nSPS) is 14.9. The molecule has 0 saturated heterocycles. The first-order valence-electron chi connectivity index (χ1n) is 4.64. The van der Waals surface area contributed by atoms with Crippen molar-refractivity contribution in [2.45, 2.75) is 0 Å². The Kier molecular flexibility index (Phi) is 2.59. The van der Waals surface area contributed by atoms with E-state index in [2.05, 4.69) is 5.32 Å². The zero-order valence-electron chi connectivity index (χ0n) is 8.27. The Balaban J connectivity index is 2.27. The van der Waals surface area contributed by atoms with E-state index in [0.717, 1.165) is 0 Å². The fraction of sp³-hybridized carbons (Fsp3) is 0.0909. The molecule has 16 heavy (non-hydrogen) atoms. The highest BCUT2D eigenvalue weighted by Gasteiger charge is 2.30. The van der Waals surface area contributed by atoms with Gasteiger partial charge in [-0.05, 0) is 12.1 Å². The van der Waals surface area contributed by atoms with Gasteiger partial charge in [0.25, 0.3) is 0 Å². The molecule has 0 aliphatic carbocycles. The maximum absolute atomic E-state index is 11.2.